The summed E-state index contributed by atoms with van der Waals surface area (Å²) in [7, 11) is 0. The fourth-order valence-corrected chi connectivity index (χ4v) is 2.51. The molecule has 5 heteroatoms. The summed E-state index contributed by atoms with van der Waals surface area (Å²) in [6, 6.07) is 7.49. The third-order valence-electron chi connectivity index (χ3n) is 3.82. The van der Waals surface area contributed by atoms with E-state index in [9.17, 15) is 4.79 Å². The molecule has 110 valence electrons. The standard InChI is InChI=1S/C15H21ClN2O2/c1-2-13(11-3-5-12(16)6-4-11)18-14(19)15(17)7-9-20-10-8-15/h3-6,13H,2,7-10,17H2,1H3,(H,18,19). The van der Waals surface area contributed by atoms with E-state index in [0.29, 0.717) is 31.1 Å². The van der Waals surface area contributed by atoms with Gasteiger partial charge in [-0.15, -0.1) is 0 Å². The van der Waals surface area contributed by atoms with Crippen LogP contribution in [0.4, 0.5) is 0 Å². The van der Waals surface area contributed by atoms with Gasteiger partial charge in [0.1, 0.15) is 0 Å². The van der Waals surface area contributed by atoms with Gasteiger partial charge in [0.15, 0.2) is 0 Å². The van der Waals surface area contributed by atoms with Gasteiger partial charge in [-0.05, 0) is 37.0 Å². The molecule has 20 heavy (non-hydrogen) atoms. The average Bonchev–Trinajstić information content (AvgIpc) is 2.46. The molecule has 1 atom stereocenters. The first-order valence-electron chi connectivity index (χ1n) is 6.98. The van der Waals surface area contributed by atoms with Crippen molar-refractivity contribution >= 4 is 17.5 Å². The van der Waals surface area contributed by atoms with E-state index in [1.165, 1.54) is 0 Å². The lowest BCUT2D eigenvalue weighted by Gasteiger charge is -2.33. The molecule has 2 rings (SSSR count). The third kappa shape index (κ3) is 3.51. The van der Waals surface area contributed by atoms with Crippen molar-refractivity contribution in [3.8, 4) is 0 Å². The van der Waals surface area contributed by atoms with Crippen LogP contribution in [0.1, 0.15) is 37.8 Å². The molecule has 1 heterocycles. The number of benzene rings is 1. The number of ether oxygens (including phenoxy) is 1. The van der Waals surface area contributed by atoms with Gasteiger partial charge in [0, 0.05) is 18.2 Å². The lowest BCUT2D eigenvalue weighted by Crippen LogP contribution is -2.57. The monoisotopic (exact) mass is 296 g/mol. The Morgan fingerprint density at radius 2 is 2.00 bits per heavy atom. The van der Waals surface area contributed by atoms with Gasteiger partial charge in [0.2, 0.25) is 5.91 Å². The number of hydrogen-bond donors (Lipinski definition) is 2. The summed E-state index contributed by atoms with van der Waals surface area (Å²) in [6.07, 6.45) is 1.94. The summed E-state index contributed by atoms with van der Waals surface area (Å²) in [5, 5.41) is 3.74. The van der Waals surface area contributed by atoms with Crippen molar-refractivity contribution in [1.82, 2.24) is 5.32 Å². The lowest BCUT2D eigenvalue weighted by molar-refractivity contribution is -0.130. The topological polar surface area (TPSA) is 64.4 Å². The van der Waals surface area contributed by atoms with Crippen LogP contribution in [0.15, 0.2) is 24.3 Å². The molecule has 1 aliphatic heterocycles. The van der Waals surface area contributed by atoms with Crippen molar-refractivity contribution in [1.29, 1.82) is 0 Å². The molecule has 1 fully saturated rings. The number of rotatable bonds is 4. The van der Waals surface area contributed by atoms with Crippen LogP contribution in [0.5, 0.6) is 0 Å². The molecule has 4 nitrogen and oxygen atoms in total. The van der Waals surface area contributed by atoms with Gasteiger partial charge >= 0.3 is 0 Å². The minimum atomic E-state index is -0.807. The summed E-state index contributed by atoms with van der Waals surface area (Å²) in [6.45, 7) is 3.12. The van der Waals surface area contributed by atoms with E-state index in [2.05, 4.69) is 5.32 Å². The normalized spacial score (nSPS) is 19.4. The molecule has 0 aromatic heterocycles. The zero-order valence-electron chi connectivity index (χ0n) is 11.7. The van der Waals surface area contributed by atoms with E-state index >= 15 is 0 Å². The van der Waals surface area contributed by atoms with Gasteiger partial charge in [-0.1, -0.05) is 30.7 Å². The Bertz CT molecular complexity index is 455. The predicted octanol–water partition coefficient (Wildman–Crippen LogP) is 2.42. The summed E-state index contributed by atoms with van der Waals surface area (Å²) in [5.41, 5.74) is 6.43. The molecule has 0 radical (unpaired) electrons. The van der Waals surface area contributed by atoms with E-state index in [0.717, 1.165) is 12.0 Å². The second-order valence-corrected chi connectivity index (χ2v) is 5.69. The first-order valence-corrected chi connectivity index (χ1v) is 7.36. The maximum Gasteiger partial charge on any atom is 0.240 e. The largest absolute Gasteiger partial charge is 0.381 e. The molecule has 0 saturated carbocycles. The molecular formula is C15H21ClN2O2. The predicted molar refractivity (Wildman–Crippen MR) is 79.6 cm³/mol. The van der Waals surface area contributed by atoms with E-state index in [1.807, 2.05) is 31.2 Å². The van der Waals surface area contributed by atoms with Crippen molar-refractivity contribution < 1.29 is 9.53 Å². The van der Waals surface area contributed by atoms with E-state index < -0.39 is 5.54 Å². The molecule has 1 unspecified atom stereocenters. The van der Waals surface area contributed by atoms with Crippen molar-refractivity contribution in [3.05, 3.63) is 34.9 Å². The Hall–Kier alpha value is -1.10. The molecule has 1 aromatic carbocycles. The maximum atomic E-state index is 12.4. The lowest BCUT2D eigenvalue weighted by atomic mass is 9.89. The van der Waals surface area contributed by atoms with Crippen LogP contribution in [0, 0.1) is 0 Å². The van der Waals surface area contributed by atoms with Crippen LogP contribution in [0.25, 0.3) is 0 Å². The highest BCUT2D eigenvalue weighted by Gasteiger charge is 2.36. The van der Waals surface area contributed by atoms with Crippen LogP contribution >= 0.6 is 11.6 Å². The van der Waals surface area contributed by atoms with Gasteiger partial charge in [0.05, 0.1) is 11.6 Å². The minimum absolute atomic E-state index is 0.0389. The minimum Gasteiger partial charge on any atom is -0.381 e. The van der Waals surface area contributed by atoms with Gasteiger partial charge in [-0.2, -0.15) is 0 Å². The Morgan fingerprint density at radius 3 is 2.55 bits per heavy atom. The fourth-order valence-electron chi connectivity index (χ4n) is 2.38. The van der Waals surface area contributed by atoms with Crippen LogP contribution in [-0.4, -0.2) is 24.7 Å². The number of nitrogens with one attached hydrogen (secondary N) is 1. The van der Waals surface area contributed by atoms with Crippen LogP contribution in [-0.2, 0) is 9.53 Å². The number of hydrogen-bond acceptors (Lipinski definition) is 3. The molecule has 1 amide bonds. The smallest absolute Gasteiger partial charge is 0.240 e. The van der Waals surface area contributed by atoms with Crippen molar-refractivity contribution in [2.24, 2.45) is 5.73 Å². The zero-order chi connectivity index (χ0) is 14.6. The Kier molecular flexibility index (Phi) is 5.02. The second kappa shape index (κ2) is 6.57. The number of nitrogens with two attached hydrogens (primary N) is 1. The highest BCUT2D eigenvalue weighted by atomic mass is 35.5. The number of carbonyl (C=O) groups is 1. The van der Waals surface area contributed by atoms with Gasteiger partial charge < -0.3 is 15.8 Å². The summed E-state index contributed by atoms with van der Waals surface area (Å²) >= 11 is 5.89. The molecular weight excluding hydrogens is 276 g/mol. The van der Waals surface area contributed by atoms with Crippen LogP contribution < -0.4 is 11.1 Å². The molecule has 0 spiro atoms. The number of amides is 1. The first-order chi connectivity index (χ1) is 9.55. The van der Waals surface area contributed by atoms with Crippen molar-refractivity contribution in [2.45, 2.75) is 37.8 Å². The zero-order valence-corrected chi connectivity index (χ0v) is 12.5. The summed E-state index contributed by atoms with van der Waals surface area (Å²) in [5.74, 6) is -0.0948. The Morgan fingerprint density at radius 1 is 1.40 bits per heavy atom. The van der Waals surface area contributed by atoms with Gasteiger partial charge in [-0.3, -0.25) is 4.79 Å². The molecule has 1 saturated heterocycles. The van der Waals surface area contributed by atoms with Crippen LogP contribution in [0.2, 0.25) is 5.02 Å². The molecule has 0 bridgehead atoms. The third-order valence-corrected chi connectivity index (χ3v) is 4.08. The SMILES string of the molecule is CCC(NC(=O)C1(N)CCOCC1)c1ccc(Cl)cc1. The van der Waals surface area contributed by atoms with E-state index in [-0.39, 0.29) is 11.9 Å². The van der Waals surface area contributed by atoms with Crippen LogP contribution in [0.3, 0.4) is 0 Å². The summed E-state index contributed by atoms with van der Waals surface area (Å²) < 4.78 is 5.27. The first kappa shape index (κ1) is 15.3. The van der Waals surface area contributed by atoms with Crippen molar-refractivity contribution in [3.63, 3.8) is 0 Å². The van der Waals surface area contributed by atoms with Crippen molar-refractivity contribution in [2.75, 3.05) is 13.2 Å². The maximum absolute atomic E-state index is 12.4. The number of halogens is 1. The quantitative estimate of drug-likeness (QED) is 0.897. The molecule has 0 aliphatic carbocycles. The summed E-state index contributed by atoms with van der Waals surface area (Å²) in [4.78, 5) is 12.4. The Balaban J connectivity index is 2.05. The fraction of sp³-hybridized carbons (Fsp3) is 0.533. The Labute approximate surface area is 124 Å². The highest BCUT2D eigenvalue weighted by molar-refractivity contribution is 6.30. The number of carbonyl (C=O) groups excluding carboxylic acids is 1. The average molecular weight is 297 g/mol. The van der Waals surface area contributed by atoms with E-state index in [4.69, 9.17) is 22.1 Å². The van der Waals surface area contributed by atoms with E-state index in [1.54, 1.807) is 0 Å². The highest BCUT2D eigenvalue weighted by Crippen LogP contribution is 2.23. The molecule has 1 aliphatic rings. The molecule has 1 aromatic rings. The van der Waals surface area contributed by atoms with Gasteiger partial charge in [0.25, 0.3) is 0 Å². The molecule has 3 N–H and O–H groups in total. The second-order valence-electron chi connectivity index (χ2n) is 5.25. The van der Waals surface area contributed by atoms with Gasteiger partial charge in [-0.25, -0.2) is 0 Å².